The Balaban J connectivity index is 0.989. The number of fused-ring (bicyclic) bond motifs is 6. The van der Waals surface area contributed by atoms with Crippen molar-refractivity contribution in [3.05, 3.63) is 224 Å². The highest BCUT2D eigenvalue weighted by molar-refractivity contribution is 6.13. The Hall–Kier alpha value is -8.15. The molecule has 8 aromatic carbocycles. The number of hydrogen-bond acceptors (Lipinski definition) is 5. The van der Waals surface area contributed by atoms with Gasteiger partial charge in [0.25, 0.3) is 0 Å². The molecule has 10 aromatic rings. The minimum absolute atomic E-state index is 0.112. The second kappa shape index (κ2) is 14.8. The van der Waals surface area contributed by atoms with Gasteiger partial charge in [-0.2, -0.15) is 0 Å². The van der Waals surface area contributed by atoms with Crippen LogP contribution in [0, 0.1) is 0 Å². The number of nitrogens with zero attached hydrogens (tertiary/aromatic N) is 4. The van der Waals surface area contributed by atoms with Gasteiger partial charge in [0, 0.05) is 44.8 Å². The number of anilines is 2. The Kier molecular flexibility index (Phi) is 8.56. The summed E-state index contributed by atoms with van der Waals surface area (Å²) in [5.41, 5.74) is 15.2. The highest BCUT2D eigenvalue weighted by Crippen LogP contribution is 2.50. The van der Waals surface area contributed by atoms with Gasteiger partial charge in [0.2, 0.25) is 0 Å². The van der Waals surface area contributed by atoms with E-state index in [-0.39, 0.29) is 12.0 Å². The average molecular weight is 795 g/mol. The highest BCUT2D eigenvalue weighted by atomic mass is 16.3. The van der Waals surface area contributed by atoms with Crippen molar-refractivity contribution >= 4 is 33.3 Å². The summed E-state index contributed by atoms with van der Waals surface area (Å²) in [4.78, 5) is 17.7. The molecule has 0 N–H and O–H groups in total. The molecule has 3 heterocycles. The molecule has 0 saturated carbocycles. The first-order valence-electron chi connectivity index (χ1n) is 21.1. The van der Waals surface area contributed by atoms with Crippen LogP contribution in [0.4, 0.5) is 11.4 Å². The van der Waals surface area contributed by atoms with Crippen LogP contribution in [0.25, 0.3) is 89.5 Å². The quantitative estimate of drug-likeness (QED) is 0.161. The van der Waals surface area contributed by atoms with E-state index < -0.39 is 0 Å². The van der Waals surface area contributed by atoms with Crippen molar-refractivity contribution < 1.29 is 4.42 Å². The van der Waals surface area contributed by atoms with Gasteiger partial charge >= 0.3 is 0 Å². The van der Waals surface area contributed by atoms with Gasteiger partial charge < -0.3 is 9.32 Å². The number of benzene rings is 8. The zero-order valence-corrected chi connectivity index (χ0v) is 33.6. The minimum Gasteiger partial charge on any atom is -0.456 e. The predicted molar refractivity (Wildman–Crippen MR) is 253 cm³/mol. The van der Waals surface area contributed by atoms with E-state index in [1.807, 2.05) is 72.8 Å². The van der Waals surface area contributed by atoms with Crippen LogP contribution in [0.1, 0.15) is 11.5 Å². The van der Waals surface area contributed by atoms with Crippen LogP contribution in [0.5, 0.6) is 0 Å². The number of allylic oxidation sites excluding steroid dienone is 2. The number of aromatic nitrogens is 3. The summed E-state index contributed by atoms with van der Waals surface area (Å²) < 4.78 is 6.57. The fourth-order valence-electron chi connectivity index (χ4n) is 9.29. The molecular formula is C57H38N4O. The van der Waals surface area contributed by atoms with Gasteiger partial charge in [-0.05, 0) is 93.5 Å². The van der Waals surface area contributed by atoms with Crippen molar-refractivity contribution in [2.75, 3.05) is 4.90 Å². The first-order chi connectivity index (χ1) is 30.7. The largest absolute Gasteiger partial charge is 0.456 e. The third-order valence-electron chi connectivity index (χ3n) is 12.2. The molecule has 0 saturated heterocycles. The lowest BCUT2D eigenvalue weighted by atomic mass is 9.88. The van der Waals surface area contributed by atoms with Gasteiger partial charge in [-0.3, -0.25) is 0 Å². The molecule has 62 heavy (non-hydrogen) atoms. The summed E-state index contributed by atoms with van der Waals surface area (Å²) in [7, 11) is 0. The van der Waals surface area contributed by atoms with Crippen LogP contribution in [-0.2, 0) is 0 Å². The van der Waals surface area contributed by atoms with Crippen molar-refractivity contribution in [3.63, 3.8) is 0 Å². The van der Waals surface area contributed by atoms with E-state index in [2.05, 4.69) is 151 Å². The van der Waals surface area contributed by atoms with Crippen LogP contribution >= 0.6 is 0 Å². The summed E-state index contributed by atoms with van der Waals surface area (Å²) >= 11 is 0. The zero-order chi connectivity index (χ0) is 41.0. The van der Waals surface area contributed by atoms with Crippen LogP contribution in [-0.4, -0.2) is 21.0 Å². The summed E-state index contributed by atoms with van der Waals surface area (Å²) in [5.74, 6) is 2.03. The lowest BCUT2D eigenvalue weighted by Gasteiger charge is -2.28. The number of rotatable bonds is 7. The summed E-state index contributed by atoms with van der Waals surface area (Å²) in [6.45, 7) is 0. The zero-order valence-electron chi connectivity index (χ0n) is 33.6. The molecule has 2 unspecified atom stereocenters. The number of furan rings is 1. The molecule has 2 aliphatic rings. The summed E-state index contributed by atoms with van der Waals surface area (Å²) in [6, 6.07) is 68.4. The molecule has 1 aliphatic heterocycles. The Labute approximate surface area is 359 Å². The molecule has 0 bridgehead atoms. The Morgan fingerprint density at radius 3 is 1.60 bits per heavy atom. The van der Waals surface area contributed by atoms with Gasteiger partial charge in [0.05, 0.1) is 6.04 Å². The van der Waals surface area contributed by atoms with Crippen LogP contribution in [0.3, 0.4) is 0 Å². The third kappa shape index (κ3) is 6.22. The van der Waals surface area contributed by atoms with Crippen LogP contribution in [0.2, 0.25) is 0 Å². The second-order valence-electron chi connectivity index (χ2n) is 16.0. The molecule has 2 atom stereocenters. The SMILES string of the molecule is C1=CC2c3cc(-c4cc(-c5ccccc5)cc(-c5ccccc5)c4)ccc3N(c3ccc4oc5cccc(-c6nc(-c7ccccc7)nc(-c7ccccc7)n6)c5c4c3)C2C=C1. The molecule has 292 valence electrons. The maximum absolute atomic E-state index is 6.57. The molecule has 0 radical (unpaired) electrons. The van der Waals surface area contributed by atoms with E-state index in [1.54, 1.807) is 0 Å². The maximum Gasteiger partial charge on any atom is 0.164 e. The molecule has 12 rings (SSSR count). The fraction of sp³-hybridized carbons (Fsp3) is 0.0351. The lowest BCUT2D eigenvalue weighted by Crippen LogP contribution is -2.28. The van der Waals surface area contributed by atoms with E-state index >= 15 is 0 Å². The van der Waals surface area contributed by atoms with Gasteiger partial charge in [0.1, 0.15) is 11.2 Å². The van der Waals surface area contributed by atoms with Crippen molar-refractivity contribution in [2.45, 2.75) is 12.0 Å². The monoisotopic (exact) mass is 794 g/mol. The van der Waals surface area contributed by atoms with Crippen molar-refractivity contribution in [2.24, 2.45) is 0 Å². The molecule has 2 aromatic heterocycles. The molecule has 0 amide bonds. The third-order valence-corrected chi connectivity index (χ3v) is 12.2. The van der Waals surface area contributed by atoms with Crippen LogP contribution < -0.4 is 4.90 Å². The van der Waals surface area contributed by atoms with Gasteiger partial charge in [0.15, 0.2) is 17.5 Å². The Bertz CT molecular complexity index is 3240. The van der Waals surface area contributed by atoms with E-state index in [0.29, 0.717) is 17.5 Å². The van der Waals surface area contributed by atoms with Gasteiger partial charge in [-0.1, -0.05) is 164 Å². The molecule has 5 heteroatoms. The first kappa shape index (κ1) is 35.8. The molecule has 1 aliphatic carbocycles. The molecule has 0 fully saturated rings. The Morgan fingerprint density at radius 2 is 0.968 bits per heavy atom. The van der Waals surface area contributed by atoms with Crippen molar-refractivity contribution in [1.29, 1.82) is 0 Å². The average Bonchev–Trinajstić information content (AvgIpc) is 3.90. The topological polar surface area (TPSA) is 55.1 Å². The summed E-state index contributed by atoms with van der Waals surface area (Å²) in [5, 5.41) is 1.99. The minimum atomic E-state index is 0.112. The van der Waals surface area contributed by atoms with E-state index in [1.165, 1.54) is 44.6 Å². The molecule has 5 nitrogen and oxygen atoms in total. The predicted octanol–water partition coefficient (Wildman–Crippen LogP) is 14.5. The van der Waals surface area contributed by atoms with E-state index in [4.69, 9.17) is 19.4 Å². The van der Waals surface area contributed by atoms with E-state index in [0.717, 1.165) is 44.3 Å². The highest BCUT2D eigenvalue weighted by Gasteiger charge is 2.38. The van der Waals surface area contributed by atoms with Crippen molar-refractivity contribution in [3.8, 4) is 67.5 Å². The van der Waals surface area contributed by atoms with Crippen LogP contribution in [0.15, 0.2) is 223 Å². The Morgan fingerprint density at radius 1 is 0.403 bits per heavy atom. The number of hydrogen-bond donors (Lipinski definition) is 0. The molecular weight excluding hydrogens is 757 g/mol. The summed E-state index contributed by atoms with van der Waals surface area (Å²) in [6.07, 6.45) is 9.04. The van der Waals surface area contributed by atoms with Gasteiger partial charge in [-0.15, -0.1) is 0 Å². The normalized spacial score (nSPS) is 15.3. The fourth-order valence-corrected chi connectivity index (χ4v) is 9.29. The van der Waals surface area contributed by atoms with E-state index in [9.17, 15) is 0 Å². The first-order valence-corrected chi connectivity index (χ1v) is 21.1. The molecule has 0 spiro atoms. The standard InChI is InChI=1S/C57H38N4O/c1-5-16-37(17-6-1)42-32-43(38-18-7-2-8-19-38)34-44(33-42)41-28-30-51-48(35-41)46-24-13-14-26-50(46)61(51)45-29-31-52-49(36-45)54-47(25-15-27-53(54)62-52)57-59-55(39-20-9-3-10-21-39)58-56(60-57)40-22-11-4-12-23-40/h1-36,46,50H. The van der Waals surface area contributed by atoms with Gasteiger partial charge in [-0.25, -0.2) is 15.0 Å². The second-order valence-corrected chi connectivity index (χ2v) is 16.0. The maximum atomic E-state index is 6.57. The lowest BCUT2D eigenvalue weighted by molar-refractivity contribution is 0.669. The smallest absolute Gasteiger partial charge is 0.164 e. The van der Waals surface area contributed by atoms with Crippen molar-refractivity contribution in [1.82, 2.24) is 15.0 Å².